The fourth-order valence-corrected chi connectivity index (χ4v) is 2.76. The zero-order valence-corrected chi connectivity index (χ0v) is 12.8. The molecule has 20 heavy (non-hydrogen) atoms. The number of likely N-dealkylation sites (N-methyl/N-ethyl adjacent to an activating group) is 1. The second-order valence-corrected chi connectivity index (χ2v) is 5.90. The van der Waals surface area contributed by atoms with Gasteiger partial charge in [0, 0.05) is 26.1 Å². The van der Waals surface area contributed by atoms with Crippen LogP contribution in [-0.4, -0.2) is 36.9 Å². The number of thiophene rings is 1. The molecule has 0 unspecified atom stereocenters. The van der Waals surface area contributed by atoms with E-state index >= 15 is 0 Å². The number of rotatable bonds is 5. The largest absolute Gasteiger partial charge is 0.350 e. The zero-order chi connectivity index (χ0) is 14.4. The van der Waals surface area contributed by atoms with E-state index < -0.39 is 0 Å². The maximum atomic E-state index is 12.0. The molecular weight excluding hydrogens is 276 g/mol. The van der Waals surface area contributed by atoms with E-state index in [1.54, 1.807) is 23.3 Å². The van der Waals surface area contributed by atoms with Crippen molar-refractivity contribution in [1.29, 1.82) is 0 Å². The van der Waals surface area contributed by atoms with Gasteiger partial charge in [-0.15, -0.1) is 0 Å². The molecule has 1 aliphatic heterocycles. The normalized spacial score (nSPS) is 20.4. The minimum atomic E-state index is -0.312. The number of amides is 2. The highest BCUT2D eigenvalue weighted by atomic mass is 32.1. The molecule has 1 aromatic rings. The molecule has 0 saturated carbocycles. The first-order valence-electron chi connectivity index (χ1n) is 6.98. The summed E-state index contributed by atoms with van der Waals surface area (Å²) in [4.78, 5) is 18.9. The monoisotopic (exact) mass is 298 g/mol. The van der Waals surface area contributed by atoms with Crippen molar-refractivity contribution in [3.8, 4) is 0 Å². The lowest BCUT2D eigenvalue weighted by Crippen LogP contribution is -2.45. The minimum Gasteiger partial charge on any atom is -0.350 e. The quantitative estimate of drug-likeness (QED) is 0.850. The first-order chi connectivity index (χ1) is 9.66. The topological polar surface area (TPSA) is 50.8 Å². The predicted octanol–water partition coefficient (Wildman–Crippen LogP) is 2.78. The molecule has 1 N–H and O–H groups in total. The molecule has 1 aromatic heterocycles. The van der Waals surface area contributed by atoms with Crippen LogP contribution in [0.4, 0.5) is 4.79 Å². The van der Waals surface area contributed by atoms with E-state index in [0.29, 0.717) is 6.61 Å². The van der Waals surface area contributed by atoms with Crippen LogP contribution in [0.15, 0.2) is 16.8 Å². The van der Waals surface area contributed by atoms with Gasteiger partial charge in [0.25, 0.3) is 0 Å². The number of hydrogen-bond acceptors (Lipinski definition) is 4. The van der Waals surface area contributed by atoms with Gasteiger partial charge in [-0.1, -0.05) is 0 Å². The Bertz CT molecular complexity index is 405. The summed E-state index contributed by atoms with van der Waals surface area (Å²) < 4.78 is 5.40. The van der Waals surface area contributed by atoms with Gasteiger partial charge in [-0.3, -0.25) is 0 Å². The molecule has 1 fully saturated rings. The highest BCUT2D eigenvalue weighted by Crippen LogP contribution is 2.13. The number of hydroxylamine groups is 1. The van der Waals surface area contributed by atoms with Crippen LogP contribution in [0, 0.1) is 0 Å². The first kappa shape index (κ1) is 15.3. The standard InChI is InChI=1S/C14H22N2O3S/c1-11(9-12-6-8-20-10-12)16(2)14(17)15-19-13-5-3-4-7-18-13/h6,8,10-11,13H,3-5,7,9H2,1-2H3,(H,15,17)/t11-,13+/m1/s1. The summed E-state index contributed by atoms with van der Waals surface area (Å²) in [5.41, 5.74) is 3.73. The lowest BCUT2D eigenvalue weighted by atomic mass is 10.1. The van der Waals surface area contributed by atoms with Crippen molar-refractivity contribution in [1.82, 2.24) is 10.4 Å². The average Bonchev–Trinajstić information content (AvgIpc) is 2.98. The van der Waals surface area contributed by atoms with Gasteiger partial charge in [-0.25, -0.2) is 15.1 Å². The molecule has 2 amide bonds. The second kappa shape index (κ2) is 7.61. The van der Waals surface area contributed by atoms with Crippen molar-refractivity contribution < 1.29 is 14.4 Å². The number of ether oxygens (including phenoxy) is 1. The summed E-state index contributed by atoms with van der Waals surface area (Å²) >= 11 is 1.67. The Morgan fingerprint density at radius 3 is 3.15 bits per heavy atom. The van der Waals surface area contributed by atoms with E-state index in [2.05, 4.69) is 16.9 Å². The van der Waals surface area contributed by atoms with Gasteiger partial charge in [-0.05, 0) is 48.6 Å². The number of urea groups is 1. The Morgan fingerprint density at radius 2 is 2.50 bits per heavy atom. The van der Waals surface area contributed by atoms with Gasteiger partial charge in [0.2, 0.25) is 0 Å². The molecule has 5 nitrogen and oxygen atoms in total. The SMILES string of the molecule is C[C@H](Cc1ccsc1)N(C)C(=O)NO[C@H]1CCCCO1. The van der Waals surface area contributed by atoms with Crippen LogP contribution < -0.4 is 5.48 Å². The average molecular weight is 298 g/mol. The van der Waals surface area contributed by atoms with Crippen LogP contribution in [0.3, 0.4) is 0 Å². The summed E-state index contributed by atoms with van der Waals surface area (Å²) in [6.45, 7) is 2.72. The van der Waals surface area contributed by atoms with Crippen LogP contribution in [0.5, 0.6) is 0 Å². The molecule has 0 spiro atoms. The van der Waals surface area contributed by atoms with Crippen LogP contribution >= 0.6 is 11.3 Å². The van der Waals surface area contributed by atoms with Crippen LogP contribution in [0.25, 0.3) is 0 Å². The van der Waals surface area contributed by atoms with Crippen molar-refractivity contribution in [3.63, 3.8) is 0 Å². The predicted molar refractivity (Wildman–Crippen MR) is 78.5 cm³/mol. The first-order valence-corrected chi connectivity index (χ1v) is 7.92. The van der Waals surface area contributed by atoms with E-state index in [9.17, 15) is 4.79 Å². The lowest BCUT2D eigenvalue weighted by molar-refractivity contribution is -0.187. The molecule has 1 aliphatic rings. The molecular formula is C14H22N2O3S. The van der Waals surface area contributed by atoms with Gasteiger partial charge in [0.15, 0.2) is 6.29 Å². The fourth-order valence-electron chi connectivity index (χ4n) is 2.08. The minimum absolute atomic E-state index is 0.112. The van der Waals surface area contributed by atoms with Gasteiger partial charge in [0.1, 0.15) is 0 Å². The summed E-state index contributed by atoms with van der Waals surface area (Å²) in [7, 11) is 1.78. The Balaban J connectivity index is 1.73. The summed E-state index contributed by atoms with van der Waals surface area (Å²) in [5.74, 6) is 0. The van der Waals surface area contributed by atoms with Crippen LogP contribution in [0.2, 0.25) is 0 Å². The number of carbonyl (C=O) groups is 1. The molecule has 0 aromatic carbocycles. The van der Waals surface area contributed by atoms with Crippen molar-refractivity contribution in [2.45, 2.75) is 44.9 Å². The molecule has 112 valence electrons. The fraction of sp³-hybridized carbons (Fsp3) is 0.643. The Hall–Kier alpha value is -1.11. The van der Waals surface area contributed by atoms with E-state index in [4.69, 9.17) is 9.57 Å². The highest BCUT2D eigenvalue weighted by molar-refractivity contribution is 7.07. The second-order valence-electron chi connectivity index (χ2n) is 5.12. The lowest BCUT2D eigenvalue weighted by Gasteiger charge is -2.27. The number of carbonyl (C=O) groups excluding carboxylic acids is 1. The van der Waals surface area contributed by atoms with E-state index in [0.717, 1.165) is 25.7 Å². The van der Waals surface area contributed by atoms with E-state index in [1.165, 1.54) is 5.56 Å². The summed E-state index contributed by atoms with van der Waals surface area (Å²) in [5, 5.41) is 4.15. The third kappa shape index (κ3) is 4.47. The smallest absolute Gasteiger partial charge is 0.341 e. The van der Waals surface area contributed by atoms with Crippen molar-refractivity contribution in [2.75, 3.05) is 13.7 Å². The molecule has 2 atom stereocenters. The third-order valence-corrected chi connectivity index (χ3v) is 4.24. The van der Waals surface area contributed by atoms with E-state index in [-0.39, 0.29) is 18.4 Å². The Morgan fingerprint density at radius 1 is 1.65 bits per heavy atom. The molecule has 0 radical (unpaired) electrons. The summed E-state index contributed by atoms with van der Waals surface area (Å²) in [6.07, 6.45) is 3.49. The Kier molecular flexibility index (Phi) is 5.82. The molecule has 0 aliphatic carbocycles. The molecule has 2 rings (SSSR count). The number of hydrogen-bond donors (Lipinski definition) is 1. The van der Waals surface area contributed by atoms with Crippen molar-refractivity contribution in [2.24, 2.45) is 0 Å². The molecule has 6 heteroatoms. The zero-order valence-electron chi connectivity index (χ0n) is 12.0. The van der Waals surface area contributed by atoms with Crippen molar-refractivity contribution >= 4 is 17.4 Å². The number of nitrogens with zero attached hydrogens (tertiary/aromatic N) is 1. The summed E-state index contributed by atoms with van der Waals surface area (Å²) in [6, 6.07) is 1.96. The molecule has 2 heterocycles. The van der Waals surface area contributed by atoms with Crippen LogP contribution in [-0.2, 0) is 16.0 Å². The van der Waals surface area contributed by atoms with Crippen LogP contribution in [0.1, 0.15) is 31.7 Å². The van der Waals surface area contributed by atoms with Gasteiger partial charge >= 0.3 is 6.03 Å². The van der Waals surface area contributed by atoms with Gasteiger partial charge < -0.3 is 9.64 Å². The Labute approximate surface area is 123 Å². The number of nitrogens with one attached hydrogen (secondary N) is 1. The maximum absolute atomic E-state index is 12.0. The van der Waals surface area contributed by atoms with Gasteiger partial charge in [0.05, 0.1) is 0 Å². The maximum Gasteiger partial charge on any atom is 0.341 e. The van der Waals surface area contributed by atoms with Crippen molar-refractivity contribution in [3.05, 3.63) is 22.4 Å². The molecule has 1 saturated heterocycles. The highest BCUT2D eigenvalue weighted by Gasteiger charge is 2.19. The van der Waals surface area contributed by atoms with E-state index in [1.807, 2.05) is 12.3 Å². The molecule has 0 bridgehead atoms. The third-order valence-electron chi connectivity index (χ3n) is 3.51. The van der Waals surface area contributed by atoms with Gasteiger partial charge in [-0.2, -0.15) is 11.3 Å².